The van der Waals surface area contributed by atoms with Crippen molar-refractivity contribution in [1.29, 1.82) is 0 Å². The molecule has 21 heavy (non-hydrogen) atoms. The summed E-state index contributed by atoms with van der Waals surface area (Å²) < 4.78 is 10.3. The van der Waals surface area contributed by atoms with Gasteiger partial charge in [-0.3, -0.25) is 0 Å². The van der Waals surface area contributed by atoms with E-state index in [-0.39, 0.29) is 23.9 Å². The van der Waals surface area contributed by atoms with E-state index in [1.54, 1.807) is 38.1 Å². The molecule has 2 N–H and O–H groups in total. The van der Waals surface area contributed by atoms with E-state index in [2.05, 4.69) is 0 Å². The van der Waals surface area contributed by atoms with E-state index in [1.807, 2.05) is 0 Å². The van der Waals surface area contributed by atoms with E-state index in [0.29, 0.717) is 11.3 Å². The molecule has 0 bridgehead atoms. The van der Waals surface area contributed by atoms with Gasteiger partial charge in [-0.25, -0.2) is 4.79 Å². The van der Waals surface area contributed by atoms with Crippen molar-refractivity contribution in [3.05, 3.63) is 47.5 Å². The van der Waals surface area contributed by atoms with Crippen LogP contribution in [0.2, 0.25) is 0 Å². The van der Waals surface area contributed by atoms with Crippen LogP contribution >= 0.6 is 0 Å². The molecule has 0 unspecified atom stereocenters. The monoisotopic (exact) mass is 288 g/mol. The molecule has 0 saturated carbocycles. The number of phenols is 2. The average molecular weight is 288 g/mol. The number of phenolic OH excluding ortho intramolecular Hbond substituents is 2. The number of aryl methyl sites for hydroxylation is 2. The maximum atomic E-state index is 11.6. The lowest BCUT2D eigenvalue weighted by Crippen LogP contribution is -2.17. The zero-order valence-corrected chi connectivity index (χ0v) is 11.8. The van der Waals surface area contributed by atoms with Crippen molar-refractivity contribution in [2.45, 2.75) is 13.8 Å². The lowest BCUT2D eigenvalue weighted by molar-refractivity contribution is -0.136. The predicted octanol–water partition coefficient (Wildman–Crippen LogP) is 2.70. The van der Waals surface area contributed by atoms with Crippen LogP contribution < -0.4 is 9.47 Å². The van der Waals surface area contributed by atoms with Gasteiger partial charge in [0.25, 0.3) is 0 Å². The fourth-order valence-electron chi connectivity index (χ4n) is 1.63. The Kier molecular flexibility index (Phi) is 4.33. The first kappa shape index (κ1) is 14.7. The first-order valence-electron chi connectivity index (χ1n) is 6.38. The Morgan fingerprint density at radius 3 is 2.05 bits per heavy atom. The number of rotatable bonds is 4. The lowest BCUT2D eigenvalue weighted by Gasteiger charge is -2.08. The molecule has 0 fully saturated rings. The Morgan fingerprint density at radius 1 is 0.952 bits per heavy atom. The van der Waals surface area contributed by atoms with Crippen molar-refractivity contribution < 1.29 is 24.5 Å². The second-order valence-electron chi connectivity index (χ2n) is 4.66. The minimum Gasteiger partial charge on any atom is -0.508 e. The van der Waals surface area contributed by atoms with Crippen LogP contribution in [0.3, 0.4) is 0 Å². The van der Waals surface area contributed by atoms with Gasteiger partial charge in [0, 0.05) is 12.1 Å². The molecular weight excluding hydrogens is 272 g/mol. The number of hydrogen-bond donors (Lipinski definition) is 2. The summed E-state index contributed by atoms with van der Waals surface area (Å²) >= 11 is 0. The van der Waals surface area contributed by atoms with Gasteiger partial charge in [-0.15, -0.1) is 0 Å². The normalized spacial score (nSPS) is 10.2. The summed E-state index contributed by atoms with van der Waals surface area (Å²) in [7, 11) is 0. The highest BCUT2D eigenvalue weighted by molar-refractivity contribution is 5.74. The Hall–Kier alpha value is -2.69. The number of hydrogen-bond acceptors (Lipinski definition) is 5. The Bertz CT molecular complexity index is 664. The zero-order valence-electron chi connectivity index (χ0n) is 11.8. The highest BCUT2D eigenvalue weighted by atomic mass is 16.6. The largest absolute Gasteiger partial charge is 0.508 e. The second kappa shape index (κ2) is 6.17. The summed E-state index contributed by atoms with van der Waals surface area (Å²) in [4.78, 5) is 11.6. The summed E-state index contributed by atoms with van der Waals surface area (Å²) in [5.74, 6) is 0.188. The van der Waals surface area contributed by atoms with Gasteiger partial charge in [-0.1, -0.05) is 12.1 Å². The quantitative estimate of drug-likeness (QED) is 0.668. The summed E-state index contributed by atoms with van der Waals surface area (Å²) in [6.45, 7) is 3.21. The van der Waals surface area contributed by atoms with Crippen LogP contribution in [0, 0.1) is 13.8 Å². The van der Waals surface area contributed by atoms with Crippen molar-refractivity contribution >= 4 is 5.97 Å². The molecule has 0 heterocycles. The SMILES string of the molecule is Cc1ccc(OCC(=O)Oc2ccc(C)c(O)c2)cc1O. The first-order valence-corrected chi connectivity index (χ1v) is 6.38. The van der Waals surface area contributed by atoms with Crippen molar-refractivity contribution in [2.75, 3.05) is 6.61 Å². The third kappa shape index (κ3) is 3.89. The fourth-order valence-corrected chi connectivity index (χ4v) is 1.63. The van der Waals surface area contributed by atoms with Crippen LogP contribution in [-0.2, 0) is 4.79 Å². The predicted molar refractivity (Wildman–Crippen MR) is 76.8 cm³/mol. The summed E-state index contributed by atoms with van der Waals surface area (Å²) in [6.07, 6.45) is 0. The number of carbonyl (C=O) groups is 1. The Balaban J connectivity index is 1.92. The number of benzene rings is 2. The second-order valence-corrected chi connectivity index (χ2v) is 4.66. The molecule has 0 spiro atoms. The molecule has 2 aromatic carbocycles. The fraction of sp³-hybridized carbons (Fsp3) is 0.188. The first-order chi connectivity index (χ1) is 9.95. The molecule has 2 rings (SSSR count). The summed E-state index contributed by atoms with van der Waals surface area (Å²) in [5, 5.41) is 19.1. The average Bonchev–Trinajstić information content (AvgIpc) is 2.44. The van der Waals surface area contributed by atoms with Crippen LogP contribution in [0.15, 0.2) is 36.4 Å². The lowest BCUT2D eigenvalue weighted by atomic mass is 10.2. The number of esters is 1. The molecule has 5 heteroatoms. The zero-order chi connectivity index (χ0) is 15.4. The van der Waals surface area contributed by atoms with Gasteiger partial charge in [-0.2, -0.15) is 0 Å². The van der Waals surface area contributed by atoms with Crippen LogP contribution in [-0.4, -0.2) is 22.8 Å². The molecule has 0 aromatic heterocycles. The van der Waals surface area contributed by atoms with Crippen LogP contribution in [0.4, 0.5) is 0 Å². The smallest absolute Gasteiger partial charge is 0.349 e. The summed E-state index contributed by atoms with van der Waals surface area (Å²) in [5.41, 5.74) is 1.42. The number of ether oxygens (including phenoxy) is 2. The Labute approximate surface area is 122 Å². The van der Waals surface area contributed by atoms with Gasteiger partial charge in [0.2, 0.25) is 0 Å². The minimum absolute atomic E-state index is 0.0599. The molecule has 0 radical (unpaired) electrons. The van der Waals surface area contributed by atoms with Gasteiger partial charge in [0.15, 0.2) is 6.61 Å². The van der Waals surface area contributed by atoms with Crippen molar-refractivity contribution in [2.24, 2.45) is 0 Å². The molecule has 0 atom stereocenters. The topological polar surface area (TPSA) is 76.0 Å². The van der Waals surface area contributed by atoms with E-state index in [4.69, 9.17) is 9.47 Å². The third-order valence-corrected chi connectivity index (χ3v) is 2.95. The molecular formula is C16H16O5. The highest BCUT2D eigenvalue weighted by Crippen LogP contribution is 2.24. The van der Waals surface area contributed by atoms with Crippen LogP contribution in [0.25, 0.3) is 0 Å². The number of aromatic hydroxyl groups is 2. The van der Waals surface area contributed by atoms with Crippen molar-refractivity contribution in [1.82, 2.24) is 0 Å². The van der Waals surface area contributed by atoms with Crippen molar-refractivity contribution in [3.63, 3.8) is 0 Å². The molecule has 0 amide bonds. The highest BCUT2D eigenvalue weighted by Gasteiger charge is 2.08. The van der Waals surface area contributed by atoms with Crippen LogP contribution in [0.1, 0.15) is 11.1 Å². The molecule has 0 saturated heterocycles. The standard InChI is InChI=1S/C16H16O5/c1-10-3-5-12(7-14(10)17)20-9-16(19)21-13-6-4-11(2)15(18)8-13/h3-8,17-18H,9H2,1-2H3. The van der Waals surface area contributed by atoms with Gasteiger partial charge in [-0.05, 0) is 37.1 Å². The number of carbonyl (C=O) groups excluding carboxylic acids is 1. The maximum Gasteiger partial charge on any atom is 0.349 e. The Morgan fingerprint density at radius 2 is 1.48 bits per heavy atom. The molecule has 0 aliphatic rings. The molecule has 5 nitrogen and oxygen atoms in total. The molecule has 0 aliphatic heterocycles. The van der Waals surface area contributed by atoms with Gasteiger partial charge in [0.05, 0.1) is 0 Å². The van der Waals surface area contributed by atoms with Crippen molar-refractivity contribution in [3.8, 4) is 23.0 Å². The summed E-state index contributed by atoms with van der Waals surface area (Å²) in [6, 6.07) is 9.38. The maximum absolute atomic E-state index is 11.6. The van der Waals surface area contributed by atoms with E-state index in [9.17, 15) is 15.0 Å². The van der Waals surface area contributed by atoms with E-state index in [1.165, 1.54) is 12.1 Å². The van der Waals surface area contributed by atoms with E-state index >= 15 is 0 Å². The van der Waals surface area contributed by atoms with Gasteiger partial charge >= 0.3 is 5.97 Å². The van der Waals surface area contributed by atoms with E-state index in [0.717, 1.165) is 5.56 Å². The van der Waals surface area contributed by atoms with Gasteiger partial charge in [0.1, 0.15) is 23.0 Å². The molecule has 110 valence electrons. The third-order valence-electron chi connectivity index (χ3n) is 2.95. The van der Waals surface area contributed by atoms with Gasteiger partial charge < -0.3 is 19.7 Å². The van der Waals surface area contributed by atoms with Crippen LogP contribution in [0.5, 0.6) is 23.0 Å². The molecule has 0 aliphatic carbocycles. The molecule has 2 aromatic rings. The minimum atomic E-state index is -0.599. The van der Waals surface area contributed by atoms with E-state index < -0.39 is 5.97 Å².